The maximum atomic E-state index is 12.3. The van der Waals surface area contributed by atoms with Crippen LogP contribution in [0.15, 0.2) is 18.2 Å². The van der Waals surface area contributed by atoms with E-state index in [9.17, 15) is 4.79 Å². The minimum Gasteiger partial charge on any atom is -0.398 e. The van der Waals surface area contributed by atoms with Gasteiger partial charge in [0.25, 0.3) is 5.91 Å². The zero-order valence-electron chi connectivity index (χ0n) is 10.5. The second kappa shape index (κ2) is 5.92. The topological polar surface area (TPSA) is 46.3 Å². The molecule has 0 aliphatic rings. The predicted octanol–water partition coefficient (Wildman–Crippen LogP) is 3.18. The highest BCUT2D eigenvalue weighted by Crippen LogP contribution is 2.24. The first kappa shape index (κ1) is 13.8. The number of nitrogen functional groups attached to an aromatic ring is 1. The Hall–Kier alpha value is -1.22. The van der Waals surface area contributed by atoms with Gasteiger partial charge in [0.2, 0.25) is 0 Å². The number of benzene rings is 1. The van der Waals surface area contributed by atoms with E-state index in [1.807, 2.05) is 0 Å². The van der Waals surface area contributed by atoms with E-state index in [0.29, 0.717) is 16.3 Å². The number of rotatable bonds is 4. The number of nitrogens with two attached hydrogens (primary N) is 1. The van der Waals surface area contributed by atoms with E-state index in [1.54, 1.807) is 30.1 Å². The first-order valence-electron chi connectivity index (χ1n) is 5.84. The molecule has 0 saturated heterocycles. The molecule has 17 heavy (non-hydrogen) atoms. The zero-order chi connectivity index (χ0) is 13.0. The van der Waals surface area contributed by atoms with Crippen molar-refractivity contribution in [1.82, 2.24) is 4.90 Å². The molecule has 0 saturated carbocycles. The predicted molar refractivity (Wildman–Crippen MR) is 72.3 cm³/mol. The lowest BCUT2D eigenvalue weighted by Gasteiger charge is -2.27. The summed E-state index contributed by atoms with van der Waals surface area (Å²) in [4.78, 5) is 14.0. The Morgan fingerprint density at radius 3 is 2.47 bits per heavy atom. The molecule has 3 nitrogen and oxygen atoms in total. The number of carbonyl (C=O) groups is 1. The third-order valence-corrected chi connectivity index (χ3v) is 3.39. The molecular formula is C13H19ClN2O. The molecule has 0 radical (unpaired) electrons. The SMILES string of the molecule is CCC(CC)N(C)C(=O)c1c(N)cccc1Cl. The lowest BCUT2D eigenvalue weighted by Crippen LogP contribution is -2.36. The van der Waals surface area contributed by atoms with Gasteiger partial charge in [-0.2, -0.15) is 0 Å². The number of anilines is 1. The van der Waals surface area contributed by atoms with Crippen molar-refractivity contribution in [2.45, 2.75) is 32.7 Å². The van der Waals surface area contributed by atoms with Gasteiger partial charge >= 0.3 is 0 Å². The van der Waals surface area contributed by atoms with Crippen molar-refractivity contribution in [2.75, 3.05) is 12.8 Å². The van der Waals surface area contributed by atoms with Gasteiger partial charge in [-0.05, 0) is 25.0 Å². The summed E-state index contributed by atoms with van der Waals surface area (Å²) in [5.41, 5.74) is 6.65. The van der Waals surface area contributed by atoms with Gasteiger partial charge in [0, 0.05) is 18.8 Å². The molecule has 0 bridgehead atoms. The molecule has 0 unspecified atom stereocenters. The number of carbonyl (C=O) groups excluding carboxylic acids is 1. The average Bonchev–Trinajstić information content (AvgIpc) is 2.30. The molecule has 1 rings (SSSR count). The van der Waals surface area contributed by atoms with Gasteiger partial charge in [-0.25, -0.2) is 0 Å². The summed E-state index contributed by atoms with van der Waals surface area (Å²) in [6.45, 7) is 4.13. The first-order chi connectivity index (χ1) is 8.02. The van der Waals surface area contributed by atoms with E-state index in [0.717, 1.165) is 12.8 Å². The minimum absolute atomic E-state index is 0.109. The quantitative estimate of drug-likeness (QED) is 0.839. The molecule has 94 valence electrons. The molecule has 0 aliphatic carbocycles. The van der Waals surface area contributed by atoms with Crippen molar-refractivity contribution < 1.29 is 4.79 Å². The standard InChI is InChI=1S/C13H19ClN2O/c1-4-9(5-2)16(3)13(17)12-10(14)7-6-8-11(12)15/h6-9H,4-5,15H2,1-3H3. The molecule has 0 heterocycles. The molecule has 2 N–H and O–H groups in total. The molecule has 0 fully saturated rings. The fraction of sp³-hybridized carbons (Fsp3) is 0.462. The van der Waals surface area contributed by atoms with Crippen LogP contribution in [0.2, 0.25) is 5.02 Å². The number of hydrogen-bond donors (Lipinski definition) is 1. The summed E-state index contributed by atoms with van der Waals surface area (Å²) in [6.07, 6.45) is 1.84. The first-order valence-corrected chi connectivity index (χ1v) is 6.21. The van der Waals surface area contributed by atoms with E-state index in [-0.39, 0.29) is 11.9 Å². The van der Waals surface area contributed by atoms with Crippen LogP contribution in [0.1, 0.15) is 37.0 Å². The molecule has 0 spiro atoms. The fourth-order valence-electron chi connectivity index (χ4n) is 1.95. The molecule has 1 aromatic rings. The molecule has 0 aliphatic heterocycles. The maximum Gasteiger partial charge on any atom is 0.257 e. The smallest absolute Gasteiger partial charge is 0.257 e. The second-order valence-corrected chi connectivity index (χ2v) is 4.50. The second-order valence-electron chi connectivity index (χ2n) is 4.09. The maximum absolute atomic E-state index is 12.3. The van der Waals surface area contributed by atoms with E-state index in [1.165, 1.54) is 0 Å². The average molecular weight is 255 g/mol. The van der Waals surface area contributed by atoms with E-state index >= 15 is 0 Å². The molecule has 4 heteroatoms. The third-order valence-electron chi connectivity index (χ3n) is 3.07. The van der Waals surface area contributed by atoms with Gasteiger partial charge in [0.05, 0.1) is 10.6 Å². The Kier molecular flexibility index (Phi) is 4.82. The van der Waals surface area contributed by atoms with Crippen LogP contribution in [0.5, 0.6) is 0 Å². The Balaban J connectivity index is 3.04. The number of nitrogens with zero attached hydrogens (tertiary/aromatic N) is 1. The third kappa shape index (κ3) is 2.91. The lowest BCUT2D eigenvalue weighted by atomic mass is 10.1. The van der Waals surface area contributed by atoms with Crippen LogP contribution in [0.3, 0.4) is 0 Å². The van der Waals surface area contributed by atoms with E-state index in [2.05, 4.69) is 13.8 Å². The highest BCUT2D eigenvalue weighted by Gasteiger charge is 2.22. The van der Waals surface area contributed by atoms with Crippen molar-refractivity contribution in [3.05, 3.63) is 28.8 Å². The van der Waals surface area contributed by atoms with E-state index < -0.39 is 0 Å². The van der Waals surface area contributed by atoms with Crippen molar-refractivity contribution >= 4 is 23.2 Å². The van der Waals surface area contributed by atoms with Gasteiger partial charge < -0.3 is 10.6 Å². The monoisotopic (exact) mass is 254 g/mol. The largest absolute Gasteiger partial charge is 0.398 e. The zero-order valence-corrected chi connectivity index (χ0v) is 11.3. The van der Waals surface area contributed by atoms with Crippen molar-refractivity contribution in [3.63, 3.8) is 0 Å². The van der Waals surface area contributed by atoms with Gasteiger partial charge in [-0.1, -0.05) is 31.5 Å². The lowest BCUT2D eigenvalue weighted by molar-refractivity contribution is 0.0725. The van der Waals surface area contributed by atoms with Crippen LogP contribution in [0.4, 0.5) is 5.69 Å². The highest BCUT2D eigenvalue weighted by molar-refractivity contribution is 6.34. The fourth-order valence-corrected chi connectivity index (χ4v) is 2.21. The molecule has 0 atom stereocenters. The van der Waals surface area contributed by atoms with Crippen LogP contribution in [0, 0.1) is 0 Å². The number of halogens is 1. The number of hydrogen-bond acceptors (Lipinski definition) is 2. The summed E-state index contributed by atoms with van der Waals surface area (Å²) in [5.74, 6) is -0.109. The van der Waals surface area contributed by atoms with Gasteiger partial charge in [0.1, 0.15) is 0 Å². The van der Waals surface area contributed by atoms with Crippen LogP contribution >= 0.6 is 11.6 Å². The summed E-state index contributed by atoms with van der Waals surface area (Å²) in [7, 11) is 1.79. The summed E-state index contributed by atoms with van der Waals surface area (Å²) < 4.78 is 0. The normalized spacial score (nSPS) is 10.6. The molecule has 1 aromatic carbocycles. The minimum atomic E-state index is -0.109. The van der Waals surface area contributed by atoms with Crippen molar-refractivity contribution in [2.24, 2.45) is 0 Å². The Labute approximate surface area is 108 Å². The summed E-state index contributed by atoms with van der Waals surface area (Å²) in [6, 6.07) is 5.34. The summed E-state index contributed by atoms with van der Waals surface area (Å²) in [5, 5.41) is 0.410. The van der Waals surface area contributed by atoms with Crippen LogP contribution < -0.4 is 5.73 Å². The molecule has 0 aromatic heterocycles. The summed E-state index contributed by atoms with van der Waals surface area (Å²) >= 11 is 6.03. The van der Waals surface area contributed by atoms with Crippen LogP contribution in [0.25, 0.3) is 0 Å². The highest BCUT2D eigenvalue weighted by atomic mass is 35.5. The Bertz CT molecular complexity index is 382. The molecular weight excluding hydrogens is 236 g/mol. The van der Waals surface area contributed by atoms with Crippen LogP contribution in [-0.4, -0.2) is 23.9 Å². The van der Waals surface area contributed by atoms with Gasteiger partial charge in [-0.3, -0.25) is 4.79 Å². The molecule has 1 amide bonds. The van der Waals surface area contributed by atoms with Crippen LogP contribution in [-0.2, 0) is 0 Å². The van der Waals surface area contributed by atoms with E-state index in [4.69, 9.17) is 17.3 Å². The van der Waals surface area contributed by atoms with Crippen molar-refractivity contribution in [1.29, 1.82) is 0 Å². The Morgan fingerprint density at radius 2 is 2.00 bits per heavy atom. The van der Waals surface area contributed by atoms with Gasteiger partial charge in [0.15, 0.2) is 0 Å². The number of amides is 1. The van der Waals surface area contributed by atoms with Gasteiger partial charge in [-0.15, -0.1) is 0 Å². The Morgan fingerprint density at radius 1 is 1.41 bits per heavy atom. The van der Waals surface area contributed by atoms with Crippen molar-refractivity contribution in [3.8, 4) is 0 Å².